The number of rotatable bonds is 2. The first kappa shape index (κ1) is 12.7. The molecular formula is C18H22BN2+. The summed E-state index contributed by atoms with van der Waals surface area (Å²) in [5.41, 5.74) is 1.03. The van der Waals surface area contributed by atoms with Crippen molar-refractivity contribution < 1.29 is 5.94 Å². The molecule has 1 aliphatic heterocycles. The zero-order valence-corrected chi connectivity index (χ0v) is 13.2. The lowest BCUT2D eigenvalue weighted by Crippen LogP contribution is -2.48. The van der Waals surface area contributed by atoms with E-state index in [9.17, 15) is 0 Å². The van der Waals surface area contributed by atoms with Gasteiger partial charge in [0.05, 0.1) is 19.4 Å². The Morgan fingerprint density at radius 1 is 1.19 bits per heavy atom. The van der Waals surface area contributed by atoms with Gasteiger partial charge in [0.1, 0.15) is 0 Å². The smallest absolute Gasteiger partial charge is 0.293 e. The van der Waals surface area contributed by atoms with E-state index in [0.717, 1.165) is 11.4 Å². The van der Waals surface area contributed by atoms with Gasteiger partial charge in [-0.25, -0.2) is 4.57 Å². The summed E-state index contributed by atoms with van der Waals surface area (Å²) in [5.74, 6) is 2.80. The SMILES string of the molecule is [2H]C(C)(C)c1cc[n+](C)c(N2C=c3ccccc3=CB2C)c1. The van der Waals surface area contributed by atoms with Crippen LogP contribution in [0.3, 0.4) is 0 Å². The number of fused-ring (bicyclic) bond motifs is 1. The number of benzene rings is 1. The molecule has 0 radical (unpaired) electrons. The number of hydrogen-bond acceptors (Lipinski definition) is 1. The minimum absolute atomic E-state index is 0.283. The summed E-state index contributed by atoms with van der Waals surface area (Å²) in [6, 6.07) is 12.6. The quantitative estimate of drug-likeness (QED) is 0.600. The Balaban J connectivity index is 2.14. The largest absolute Gasteiger partial charge is 0.402 e. The molecule has 2 nitrogen and oxygen atoms in total. The summed E-state index contributed by atoms with van der Waals surface area (Å²) < 4.78 is 10.4. The molecule has 21 heavy (non-hydrogen) atoms. The van der Waals surface area contributed by atoms with Crippen LogP contribution in [0.1, 0.15) is 26.7 Å². The average molecular weight is 278 g/mol. The Morgan fingerprint density at radius 3 is 2.62 bits per heavy atom. The fourth-order valence-electron chi connectivity index (χ4n) is 2.79. The van der Waals surface area contributed by atoms with E-state index in [1.807, 2.05) is 26.1 Å². The second-order valence-corrected chi connectivity index (χ2v) is 5.96. The van der Waals surface area contributed by atoms with Gasteiger partial charge in [-0.3, -0.25) is 4.81 Å². The van der Waals surface area contributed by atoms with E-state index in [0.29, 0.717) is 0 Å². The Bertz CT molecular complexity index is 824. The van der Waals surface area contributed by atoms with Gasteiger partial charge in [-0.05, 0) is 29.6 Å². The van der Waals surface area contributed by atoms with Crippen molar-refractivity contribution in [3.05, 3.63) is 58.6 Å². The Kier molecular flexibility index (Phi) is 3.26. The van der Waals surface area contributed by atoms with E-state index in [1.54, 1.807) is 0 Å². The number of aryl methyl sites for hydroxylation is 1. The van der Waals surface area contributed by atoms with Crippen LogP contribution in [0.5, 0.6) is 0 Å². The molecule has 0 spiro atoms. The number of hydrogen-bond donors (Lipinski definition) is 0. The van der Waals surface area contributed by atoms with Crippen LogP contribution in [0.15, 0.2) is 42.6 Å². The van der Waals surface area contributed by atoms with Gasteiger partial charge in [-0.2, -0.15) is 0 Å². The number of aromatic nitrogens is 1. The van der Waals surface area contributed by atoms with Crippen molar-refractivity contribution >= 4 is 24.8 Å². The minimum Gasteiger partial charge on any atom is -0.293 e. The summed E-state index contributed by atoms with van der Waals surface area (Å²) >= 11 is 0. The van der Waals surface area contributed by atoms with E-state index in [4.69, 9.17) is 1.37 Å². The third-order valence-electron chi connectivity index (χ3n) is 4.10. The van der Waals surface area contributed by atoms with Gasteiger partial charge < -0.3 is 0 Å². The molecule has 0 saturated carbocycles. The predicted molar refractivity (Wildman–Crippen MR) is 90.4 cm³/mol. The third kappa shape index (κ3) is 2.60. The molecule has 2 heterocycles. The van der Waals surface area contributed by atoms with E-state index in [2.05, 4.69) is 65.8 Å². The van der Waals surface area contributed by atoms with Crippen LogP contribution in [-0.2, 0) is 7.05 Å². The van der Waals surface area contributed by atoms with Crippen molar-refractivity contribution in [2.45, 2.75) is 26.6 Å². The molecule has 0 amide bonds. The molecule has 0 saturated heterocycles. The van der Waals surface area contributed by atoms with Crippen LogP contribution in [-0.4, -0.2) is 6.85 Å². The molecule has 1 aromatic carbocycles. The summed E-state index contributed by atoms with van der Waals surface area (Å²) in [6.07, 6.45) is 4.25. The Labute approximate surface area is 128 Å². The molecule has 3 heteroatoms. The van der Waals surface area contributed by atoms with Crippen LogP contribution in [0.25, 0.3) is 12.2 Å². The van der Waals surface area contributed by atoms with E-state index >= 15 is 0 Å². The maximum absolute atomic E-state index is 8.28. The molecule has 0 bridgehead atoms. The lowest BCUT2D eigenvalue weighted by Gasteiger charge is -2.21. The second-order valence-electron chi connectivity index (χ2n) is 5.96. The highest BCUT2D eigenvalue weighted by Crippen LogP contribution is 2.19. The van der Waals surface area contributed by atoms with Crippen molar-refractivity contribution in [3.63, 3.8) is 0 Å². The van der Waals surface area contributed by atoms with Gasteiger partial charge in [-0.15, -0.1) is 0 Å². The maximum Gasteiger partial charge on any atom is 0.402 e. The first-order valence-electron chi connectivity index (χ1n) is 7.93. The highest BCUT2D eigenvalue weighted by Gasteiger charge is 2.27. The topological polar surface area (TPSA) is 7.12 Å². The zero-order chi connectivity index (χ0) is 15.9. The van der Waals surface area contributed by atoms with Crippen molar-refractivity contribution in [1.29, 1.82) is 0 Å². The summed E-state index contributed by atoms with van der Waals surface area (Å²) in [4.78, 5) is 2.28. The van der Waals surface area contributed by atoms with Crippen molar-refractivity contribution in [2.75, 3.05) is 4.81 Å². The van der Waals surface area contributed by atoms with Gasteiger partial charge in [0.25, 0.3) is 5.82 Å². The van der Waals surface area contributed by atoms with E-state index < -0.39 is 5.89 Å². The molecule has 2 aromatic rings. The van der Waals surface area contributed by atoms with Crippen LogP contribution >= 0.6 is 0 Å². The van der Waals surface area contributed by atoms with Crippen LogP contribution < -0.4 is 19.8 Å². The number of anilines is 1. The summed E-state index contributed by atoms with van der Waals surface area (Å²) in [5, 5.41) is 2.52. The van der Waals surface area contributed by atoms with Crippen LogP contribution in [0.2, 0.25) is 6.82 Å². The van der Waals surface area contributed by atoms with Crippen molar-refractivity contribution in [2.24, 2.45) is 7.05 Å². The fourth-order valence-corrected chi connectivity index (χ4v) is 2.79. The lowest BCUT2D eigenvalue weighted by molar-refractivity contribution is -0.658. The first-order valence-corrected chi connectivity index (χ1v) is 7.43. The van der Waals surface area contributed by atoms with E-state index in [-0.39, 0.29) is 6.85 Å². The predicted octanol–water partition coefficient (Wildman–Crippen LogP) is 1.83. The molecule has 106 valence electrons. The van der Waals surface area contributed by atoms with Gasteiger partial charge in [0.15, 0.2) is 0 Å². The van der Waals surface area contributed by atoms with Gasteiger partial charge in [0.2, 0.25) is 0 Å². The van der Waals surface area contributed by atoms with Crippen LogP contribution in [0.4, 0.5) is 5.82 Å². The maximum atomic E-state index is 8.28. The highest BCUT2D eigenvalue weighted by molar-refractivity contribution is 6.76. The summed E-state index contributed by atoms with van der Waals surface area (Å²) in [6.45, 7) is 6.34. The van der Waals surface area contributed by atoms with E-state index in [1.165, 1.54) is 10.4 Å². The molecule has 0 fully saturated rings. The third-order valence-corrected chi connectivity index (χ3v) is 4.10. The molecule has 1 aromatic heterocycles. The molecule has 1 aliphatic rings. The average Bonchev–Trinajstić information content (AvgIpc) is 2.46. The zero-order valence-electron chi connectivity index (χ0n) is 14.2. The van der Waals surface area contributed by atoms with Crippen molar-refractivity contribution in [1.82, 2.24) is 0 Å². The molecule has 0 atom stereocenters. The number of nitrogens with zero attached hydrogens (tertiary/aromatic N) is 2. The number of pyridine rings is 1. The Morgan fingerprint density at radius 2 is 1.90 bits per heavy atom. The van der Waals surface area contributed by atoms with Gasteiger partial charge in [-0.1, -0.05) is 44.1 Å². The first-order chi connectivity index (χ1) is 10.4. The highest BCUT2D eigenvalue weighted by atomic mass is 15.2. The normalized spacial score (nSPS) is 15.0. The lowest BCUT2D eigenvalue weighted by atomic mass is 9.61. The monoisotopic (exact) mass is 278 g/mol. The molecule has 3 rings (SSSR count). The van der Waals surface area contributed by atoms with Gasteiger partial charge in [0, 0.05) is 12.7 Å². The van der Waals surface area contributed by atoms with Crippen molar-refractivity contribution in [3.8, 4) is 0 Å². The molecular weight excluding hydrogens is 255 g/mol. The van der Waals surface area contributed by atoms with Gasteiger partial charge >= 0.3 is 6.85 Å². The van der Waals surface area contributed by atoms with Crippen LogP contribution in [0, 0.1) is 0 Å². The fraction of sp³-hybridized carbons (Fsp3) is 0.278. The second kappa shape index (κ2) is 5.40. The molecule has 0 N–H and O–H groups in total. The summed E-state index contributed by atoms with van der Waals surface area (Å²) in [7, 11) is 2.05. The molecule has 0 unspecified atom stereocenters. The molecule has 0 aliphatic carbocycles. The Hall–Kier alpha value is -2.03. The standard InChI is InChI=1S/C18H22BN2/c1-14(2)15-9-10-20(4)18(11-15)21-13-17-8-6-5-7-16(17)12-19(21)3/h5-14H,1-4H3/q+1/i14D. The minimum atomic E-state index is -0.594.